The fraction of sp³-hybridized carbons (Fsp3) is 0.571. The third kappa shape index (κ3) is 2.73. The summed E-state index contributed by atoms with van der Waals surface area (Å²) in [5.41, 5.74) is 2.61. The Kier molecular flexibility index (Phi) is 3.96. The Morgan fingerprint density at radius 1 is 1.32 bits per heavy atom. The van der Waals surface area contributed by atoms with E-state index >= 15 is 0 Å². The van der Waals surface area contributed by atoms with Gasteiger partial charge < -0.3 is 19.7 Å². The Hall–Kier alpha value is -0.780. The Bertz CT molecular complexity index is 473. The molecule has 0 bridgehead atoms. The molecule has 0 atom stereocenters. The molecule has 3 rings (SSSR count). The Morgan fingerprint density at radius 2 is 2.11 bits per heavy atom. The van der Waals surface area contributed by atoms with Gasteiger partial charge in [0.25, 0.3) is 0 Å². The zero-order valence-electron chi connectivity index (χ0n) is 11.2. The van der Waals surface area contributed by atoms with E-state index in [9.17, 15) is 0 Å². The van der Waals surface area contributed by atoms with Crippen molar-refractivity contribution in [3.05, 3.63) is 21.7 Å². The van der Waals surface area contributed by atoms with Crippen LogP contribution in [0.5, 0.6) is 11.5 Å². The molecule has 0 amide bonds. The van der Waals surface area contributed by atoms with Crippen molar-refractivity contribution in [1.82, 2.24) is 10.2 Å². The largest absolute Gasteiger partial charge is 0.454 e. The smallest absolute Gasteiger partial charge is 0.231 e. The summed E-state index contributed by atoms with van der Waals surface area (Å²) in [7, 11) is 0. The highest BCUT2D eigenvalue weighted by atomic mass is 79.9. The standard InChI is InChI=1S/C14H19BrN2O2/c1-10-8-12-14(19-9-18-12)13(15)11(10)2-5-17-6-3-16-4-7-17/h8,16H,2-7,9H2,1H3. The molecule has 4 nitrogen and oxygen atoms in total. The Morgan fingerprint density at radius 3 is 2.89 bits per heavy atom. The first kappa shape index (κ1) is 13.2. The second-order valence-corrected chi connectivity index (χ2v) is 5.85. The van der Waals surface area contributed by atoms with E-state index in [1.54, 1.807) is 0 Å². The molecule has 19 heavy (non-hydrogen) atoms. The predicted octanol–water partition coefficient (Wildman–Crippen LogP) is 1.93. The van der Waals surface area contributed by atoms with Gasteiger partial charge in [-0.25, -0.2) is 0 Å². The van der Waals surface area contributed by atoms with Gasteiger partial charge in [-0.3, -0.25) is 0 Å². The molecule has 1 aromatic carbocycles. The van der Waals surface area contributed by atoms with Crippen LogP contribution in [0.3, 0.4) is 0 Å². The fourth-order valence-corrected chi connectivity index (χ4v) is 3.49. The summed E-state index contributed by atoms with van der Waals surface area (Å²) < 4.78 is 12.0. The van der Waals surface area contributed by atoms with Gasteiger partial charge in [0.1, 0.15) is 0 Å². The van der Waals surface area contributed by atoms with Crippen molar-refractivity contribution in [1.29, 1.82) is 0 Å². The quantitative estimate of drug-likeness (QED) is 0.920. The third-order valence-corrected chi connectivity index (χ3v) is 4.66. The number of nitrogens with zero attached hydrogens (tertiary/aromatic N) is 1. The van der Waals surface area contributed by atoms with Crippen molar-refractivity contribution in [2.75, 3.05) is 39.5 Å². The van der Waals surface area contributed by atoms with Crippen LogP contribution in [0.2, 0.25) is 0 Å². The Labute approximate surface area is 122 Å². The molecular formula is C14H19BrN2O2. The van der Waals surface area contributed by atoms with Gasteiger partial charge in [-0.2, -0.15) is 0 Å². The average molecular weight is 327 g/mol. The SMILES string of the molecule is Cc1cc2c(c(Br)c1CCN1CCNCC1)OCO2. The van der Waals surface area contributed by atoms with Gasteiger partial charge in [-0.15, -0.1) is 0 Å². The summed E-state index contributed by atoms with van der Waals surface area (Å²) in [5, 5.41) is 3.38. The molecule has 2 aliphatic heterocycles. The van der Waals surface area contributed by atoms with Crippen molar-refractivity contribution >= 4 is 15.9 Å². The molecule has 1 fully saturated rings. The van der Waals surface area contributed by atoms with Crippen molar-refractivity contribution in [2.24, 2.45) is 0 Å². The average Bonchev–Trinajstić information content (AvgIpc) is 2.88. The molecule has 0 unspecified atom stereocenters. The maximum absolute atomic E-state index is 5.52. The lowest BCUT2D eigenvalue weighted by atomic mass is 10.0. The number of nitrogens with one attached hydrogen (secondary N) is 1. The highest BCUT2D eigenvalue weighted by Crippen LogP contribution is 2.42. The number of benzene rings is 1. The minimum atomic E-state index is 0.328. The summed E-state index contributed by atoms with van der Waals surface area (Å²) in [6, 6.07) is 2.08. The zero-order chi connectivity index (χ0) is 13.2. The van der Waals surface area contributed by atoms with Gasteiger partial charge in [0.2, 0.25) is 6.79 Å². The van der Waals surface area contributed by atoms with Gasteiger partial charge in [-0.05, 0) is 46.5 Å². The van der Waals surface area contributed by atoms with Crippen molar-refractivity contribution in [2.45, 2.75) is 13.3 Å². The van der Waals surface area contributed by atoms with Crippen LogP contribution in [0, 0.1) is 6.92 Å². The minimum Gasteiger partial charge on any atom is -0.454 e. The lowest BCUT2D eigenvalue weighted by Crippen LogP contribution is -2.44. The minimum absolute atomic E-state index is 0.328. The molecule has 0 radical (unpaired) electrons. The molecule has 1 N–H and O–H groups in total. The van der Waals surface area contributed by atoms with E-state index in [0.717, 1.165) is 55.1 Å². The molecule has 1 saturated heterocycles. The number of piperazine rings is 1. The number of ether oxygens (including phenoxy) is 2. The molecule has 5 heteroatoms. The van der Waals surface area contributed by atoms with Crippen LogP contribution < -0.4 is 14.8 Å². The van der Waals surface area contributed by atoms with Crippen LogP contribution in [0.25, 0.3) is 0 Å². The van der Waals surface area contributed by atoms with E-state index in [4.69, 9.17) is 9.47 Å². The first-order valence-electron chi connectivity index (χ1n) is 6.76. The number of hydrogen-bond donors (Lipinski definition) is 1. The highest BCUT2D eigenvalue weighted by molar-refractivity contribution is 9.10. The first-order valence-corrected chi connectivity index (χ1v) is 7.55. The van der Waals surface area contributed by atoms with Crippen LogP contribution in [-0.4, -0.2) is 44.4 Å². The molecular weight excluding hydrogens is 308 g/mol. The molecule has 1 aromatic rings. The van der Waals surface area contributed by atoms with E-state index in [0.29, 0.717) is 6.79 Å². The van der Waals surface area contributed by atoms with Crippen LogP contribution in [0.4, 0.5) is 0 Å². The number of fused-ring (bicyclic) bond motifs is 1. The molecule has 2 heterocycles. The maximum Gasteiger partial charge on any atom is 0.231 e. The summed E-state index contributed by atoms with van der Waals surface area (Å²) in [6.45, 7) is 8.04. The number of aryl methyl sites for hydroxylation is 1. The van der Waals surface area contributed by atoms with Gasteiger partial charge in [-0.1, -0.05) is 0 Å². The molecule has 0 spiro atoms. The van der Waals surface area contributed by atoms with E-state index in [1.165, 1.54) is 11.1 Å². The normalized spacial score (nSPS) is 18.8. The van der Waals surface area contributed by atoms with E-state index in [1.807, 2.05) is 0 Å². The fourth-order valence-electron chi connectivity index (χ4n) is 2.67. The van der Waals surface area contributed by atoms with Crippen molar-refractivity contribution in [3.63, 3.8) is 0 Å². The van der Waals surface area contributed by atoms with Gasteiger partial charge in [0.05, 0.1) is 4.47 Å². The highest BCUT2D eigenvalue weighted by Gasteiger charge is 2.21. The summed E-state index contributed by atoms with van der Waals surface area (Å²) >= 11 is 3.67. The second-order valence-electron chi connectivity index (χ2n) is 5.06. The topological polar surface area (TPSA) is 33.7 Å². The number of hydrogen-bond acceptors (Lipinski definition) is 4. The monoisotopic (exact) mass is 326 g/mol. The molecule has 0 aliphatic carbocycles. The first-order chi connectivity index (χ1) is 9.25. The zero-order valence-corrected chi connectivity index (χ0v) is 12.8. The van der Waals surface area contributed by atoms with E-state index < -0.39 is 0 Å². The molecule has 0 aromatic heterocycles. The number of halogens is 1. The van der Waals surface area contributed by atoms with Gasteiger partial charge in [0.15, 0.2) is 11.5 Å². The van der Waals surface area contributed by atoms with Crippen LogP contribution in [0.15, 0.2) is 10.5 Å². The summed E-state index contributed by atoms with van der Waals surface area (Å²) in [5.74, 6) is 1.72. The van der Waals surface area contributed by atoms with Gasteiger partial charge >= 0.3 is 0 Å². The number of rotatable bonds is 3. The second kappa shape index (κ2) is 5.69. The Balaban J connectivity index is 1.73. The van der Waals surface area contributed by atoms with Crippen molar-refractivity contribution < 1.29 is 9.47 Å². The summed E-state index contributed by atoms with van der Waals surface area (Å²) in [4.78, 5) is 2.51. The molecule has 2 aliphatic rings. The van der Waals surface area contributed by atoms with Crippen LogP contribution in [0.1, 0.15) is 11.1 Å². The summed E-state index contributed by atoms with van der Waals surface area (Å²) in [6.07, 6.45) is 1.04. The van der Waals surface area contributed by atoms with Crippen LogP contribution >= 0.6 is 15.9 Å². The predicted molar refractivity (Wildman–Crippen MR) is 78.0 cm³/mol. The van der Waals surface area contributed by atoms with Crippen LogP contribution in [-0.2, 0) is 6.42 Å². The van der Waals surface area contributed by atoms with E-state index in [2.05, 4.69) is 39.1 Å². The van der Waals surface area contributed by atoms with Gasteiger partial charge in [0, 0.05) is 32.7 Å². The van der Waals surface area contributed by atoms with E-state index in [-0.39, 0.29) is 0 Å². The van der Waals surface area contributed by atoms with Crippen molar-refractivity contribution in [3.8, 4) is 11.5 Å². The lowest BCUT2D eigenvalue weighted by Gasteiger charge is -2.27. The molecule has 0 saturated carbocycles. The maximum atomic E-state index is 5.52. The third-order valence-electron chi connectivity index (χ3n) is 3.82. The lowest BCUT2D eigenvalue weighted by molar-refractivity contribution is 0.173. The molecule has 104 valence electrons.